The number of hydroxylamine groups is 2. The van der Waals surface area contributed by atoms with Gasteiger partial charge in [-0.3, -0.25) is 15.1 Å². The van der Waals surface area contributed by atoms with Gasteiger partial charge in [-0.2, -0.15) is 0 Å². The smallest absolute Gasteiger partial charge is 0.414 e. The molecule has 2 aromatic rings. The van der Waals surface area contributed by atoms with Crippen LogP contribution in [0, 0.1) is 5.82 Å². The Morgan fingerprint density at radius 3 is 2.74 bits per heavy atom. The second kappa shape index (κ2) is 10.4. The molecule has 0 aliphatic carbocycles. The molecular weight excluding hydrogens is 447 g/mol. The molecule has 2 fully saturated rings. The molecule has 0 unspecified atom stereocenters. The van der Waals surface area contributed by atoms with Crippen LogP contribution in [0.25, 0.3) is 0 Å². The first-order valence-electron chi connectivity index (χ1n) is 10.9. The highest BCUT2D eigenvalue weighted by atomic mass is 19.1. The van der Waals surface area contributed by atoms with E-state index in [1.54, 1.807) is 23.1 Å². The molecule has 1 aromatic carbocycles. The minimum Gasteiger partial charge on any atom is -0.444 e. The highest BCUT2D eigenvalue weighted by Crippen LogP contribution is 2.29. The SMILES string of the molecule is CC(=O)CC[C@H]1CN(c2ccc(N3CCON(C(=O)Nc4ncccn4)CC3)c(F)c2)C(=O)O1. The van der Waals surface area contributed by atoms with Crippen LogP contribution in [0.5, 0.6) is 0 Å². The molecule has 1 atom stereocenters. The van der Waals surface area contributed by atoms with Gasteiger partial charge in [0.25, 0.3) is 0 Å². The van der Waals surface area contributed by atoms with Gasteiger partial charge in [0.2, 0.25) is 5.95 Å². The number of amides is 3. The Labute approximate surface area is 195 Å². The van der Waals surface area contributed by atoms with Crippen molar-refractivity contribution in [3.8, 4) is 0 Å². The molecule has 1 N–H and O–H groups in total. The Hall–Kier alpha value is -3.80. The Bertz CT molecular complexity index is 1060. The molecule has 3 amide bonds. The van der Waals surface area contributed by atoms with Crippen molar-refractivity contribution in [2.75, 3.05) is 47.9 Å². The fraction of sp³-hybridized carbons (Fsp3) is 0.409. The predicted molar refractivity (Wildman–Crippen MR) is 120 cm³/mol. The third-order valence-electron chi connectivity index (χ3n) is 5.47. The van der Waals surface area contributed by atoms with E-state index in [4.69, 9.17) is 9.57 Å². The molecule has 34 heavy (non-hydrogen) atoms. The van der Waals surface area contributed by atoms with E-state index in [1.807, 2.05) is 0 Å². The van der Waals surface area contributed by atoms with E-state index >= 15 is 4.39 Å². The summed E-state index contributed by atoms with van der Waals surface area (Å²) in [6.45, 7) is 2.80. The third kappa shape index (κ3) is 5.57. The van der Waals surface area contributed by atoms with Crippen molar-refractivity contribution in [2.24, 2.45) is 0 Å². The van der Waals surface area contributed by atoms with Gasteiger partial charge < -0.3 is 14.4 Å². The van der Waals surface area contributed by atoms with Crippen molar-refractivity contribution in [3.63, 3.8) is 0 Å². The molecule has 12 heteroatoms. The first-order valence-corrected chi connectivity index (χ1v) is 10.9. The van der Waals surface area contributed by atoms with Crippen LogP contribution in [0.1, 0.15) is 19.8 Å². The second-order valence-corrected chi connectivity index (χ2v) is 7.92. The van der Waals surface area contributed by atoms with Gasteiger partial charge in [0, 0.05) is 31.9 Å². The minimum absolute atomic E-state index is 0.0239. The summed E-state index contributed by atoms with van der Waals surface area (Å²) in [7, 11) is 0. The molecule has 0 radical (unpaired) electrons. The summed E-state index contributed by atoms with van der Waals surface area (Å²) >= 11 is 0. The standard InChI is InChI=1S/C22H25FN6O5/c1-15(30)3-5-17-14-28(22(32)34-17)16-4-6-19(18(23)13-16)27-9-10-29(33-12-11-27)21(31)26-20-24-7-2-8-25-20/h2,4,6-8,13,17H,3,5,9-12,14H2,1H3,(H,24,25,26,31)/t17-/m0/s1. The minimum atomic E-state index is -0.562. The van der Waals surface area contributed by atoms with Crippen molar-refractivity contribution in [1.29, 1.82) is 0 Å². The lowest BCUT2D eigenvalue weighted by Crippen LogP contribution is -2.37. The number of nitrogens with zero attached hydrogens (tertiary/aromatic N) is 5. The topological polar surface area (TPSA) is 117 Å². The average molecular weight is 472 g/mol. The van der Waals surface area contributed by atoms with Gasteiger partial charge in [-0.25, -0.2) is 29.0 Å². The van der Waals surface area contributed by atoms with Crippen molar-refractivity contribution < 1.29 is 28.3 Å². The summed E-state index contributed by atoms with van der Waals surface area (Å²) in [6, 6.07) is 5.64. The van der Waals surface area contributed by atoms with E-state index in [9.17, 15) is 14.4 Å². The van der Waals surface area contributed by atoms with Crippen molar-refractivity contribution >= 4 is 35.2 Å². The fourth-order valence-corrected chi connectivity index (χ4v) is 3.74. The van der Waals surface area contributed by atoms with E-state index in [2.05, 4.69) is 15.3 Å². The first kappa shape index (κ1) is 23.4. The quantitative estimate of drug-likeness (QED) is 0.682. The van der Waals surface area contributed by atoms with Crippen molar-refractivity contribution in [2.45, 2.75) is 25.9 Å². The number of halogens is 1. The number of urea groups is 1. The van der Waals surface area contributed by atoms with Crippen LogP contribution < -0.4 is 15.1 Å². The van der Waals surface area contributed by atoms with Gasteiger partial charge in [0.05, 0.1) is 31.1 Å². The number of nitrogens with one attached hydrogen (secondary N) is 1. The molecule has 2 saturated heterocycles. The third-order valence-corrected chi connectivity index (χ3v) is 5.47. The summed E-state index contributed by atoms with van der Waals surface area (Å²) in [5.74, 6) is -0.327. The lowest BCUT2D eigenvalue weighted by Gasteiger charge is -2.24. The van der Waals surface area contributed by atoms with Crippen LogP contribution in [0.2, 0.25) is 0 Å². The highest BCUT2D eigenvalue weighted by Gasteiger charge is 2.33. The van der Waals surface area contributed by atoms with Gasteiger partial charge in [0.15, 0.2) is 0 Å². The van der Waals surface area contributed by atoms with Crippen molar-refractivity contribution in [3.05, 3.63) is 42.5 Å². The van der Waals surface area contributed by atoms with E-state index in [1.165, 1.54) is 30.3 Å². The number of anilines is 3. The van der Waals surface area contributed by atoms with Gasteiger partial charge in [-0.05, 0) is 37.6 Å². The largest absolute Gasteiger partial charge is 0.444 e. The van der Waals surface area contributed by atoms with E-state index < -0.39 is 24.0 Å². The van der Waals surface area contributed by atoms with Crippen LogP contribution in [-0.4, -0.2) is 71.8 Å². The van der Waals surface area contributed by atoms with E-state index in [-0.39, 0.29) is 31.4 Å². The lowest BCUT2D eigenvalue weighted by molar-refractivity contribution is -0.117. The zero-order chi connectivity index (χ0) is 24.1. The molecule has 11 nitrogen and oxygen atoms in total. The van der Waals surface area contributed by atoms with Gasteiger partial charge in [0.1, 0.15) is 17.7 Å². The Balaban J connectivity index is 1.37. The Morgan fingerprint density at radius 1 is 1.21 bits per heavy atom. The number of hydrogen-bond acceptors (Lipinski definition) is 8. The number of ketones is 1. The summed E-state index contributed by atoms with van der Waals surface area (Å²) in [5.41, 5.74) is 0.716. The zero-order valence-electron chi connectivity index (χ0n) is 18.6. The molecule has 2 aliphatic heterocycles. The maximum atomic E-state index is 15.0. The monoisotopic (exact) mass is 472 g/mol. The molecule has 0 bridgehead atoms. The number of Topliss-reactive ketones (excluding diaryl/α,β-unsaturated/α-hetero) is 1. The molecule has 1 aromatic heterocycles. The predicted octanol–water partition coefficient (Wildman–Crippen LogP) is 2.60. The number of aromatic nitrogens is 2. The van der Waals surface area contributed by atoms with Crippen LogP contribution in [0.15, 0.2) is 36.7 Å². The molecule has 2 aliphatic rings. The molecular formula is C22H25FN6O5. The number of hydrogen-bond donors (Lipinski definition) is 1. The average Bonchev–Trinajstić information content (AvgIpc) is 3.02. The normalized spacial score (nSPS) is 18.5. The highest BCUT2D eigenvalue weighted by molar-refractivity contribution is 5.90. The van der Waals surface area contributed by atoms with Crippen LogP contribution in [-0.2, 0) is 14.4 Å². The summed E-state index contributed by atoms with van der Waals surface area (Å²) in [6.07, 6.45) is 2.81. The number of rotatable bonds is 6. The van der Waals surface area contributed by atoms with Gasteiger partial charge in [-0.1, -0.05) is 0 Å². The molecule has 3 heterocycles. The molecule has 0 saturated carbocycles. The van der Waals surface area contributed by atoms with Crippen LogP contribution in [0.4, 0.5) is 31.3 Å². The number of ether oxygens (including phenoxy) is 1. The van der Waals surface area contributed by atoms with E-state index in [0.29, 0.717) is 37.3 Å². The molecule has 0 spiro atoms. The number of cyclic esters (lactones) is 1. The molecule has 180 valence electrons. The van der Waals surface area contributed by atoms with Gasteiger partial charge >= 0.3 is 12.1 Å². The number of carbonyl (C=O) groups excluding carboxylic acids is 3. The summed E-state index contributed by atoms with van der Waals surface area (Å²) in [5, 5.41) is 3.70. The summed E-state index contributed by atoms with van der Waals surface area (Å²) < 4.78 is 20.3. The summed E-state index contributed by atoms with van der Waals surface area (Å²) in [4.78, 5) is 52.3. The maximum Gasteiger partial charge on any atom is 0.414 e. The van der Waals surface area contributed by atoms with Gasteiger partial charge in [-0.15, -0.1) is 0 Å². The zero-order valence-corrected chi connectivity index (χ0v) is 18.6. The fourth-order valence-electron chi connectivity index (χ4n) is 3.74. The first-order chi connectivity index (χ1) is 16.4. The number of benzene rings is 1. The van der Waals surface area contributed by atoms with Crippen LogP contribution in [0.3, 0.4) is 0 Å². The maximum absolute atomic E-state index is 15.0. The van der Waals surface area contributed by atoms with Crippen LogP contribution >= 0.6 is 0 Å². The van der Waals surface area contributed by atoms with Crippen molar-refractivity contribution in [1.82, 2.24) is 15.0 Å². The lowest BCUT2D eigenvalue weighted by atomic mass is 10.1. The Kier molecular flexibility index (Phi) is 7.16. The molecule has 4 rings (SSSR count). The Morgan fingerprint density at radius 2 is 2.00 bits per heavy atom. The second-order valence-electron chi connectivity index (χ2n) is 7.92. The van der Waals surface area contributed by atoms with E-state index in [0.717, 1.165) is 5.06 Å². The number of carbonyl (C=O) groups is 3.